The van der Waals surface area contributed by atoms with Crippen molar-refractivity contribution in [2.75, 3.05) is 13.7 Å². The Hall–Kier alpha value is -2.99. The minimum atomic E-state index is -0.458. The van der Waals surface area contributed by atoms with E-state index in [0.29, 0.717) is 17.7 Å². The third-order valence-electron chi connectivity index (χ3n) is 3.52. The number of benzene rings is 2. The predicted octanol–water partition coefficient (Wildman–Crippen LogP) is 3.29. The van der Waals surface area contributed by atoms with Gasteiger partial charge in [0.2, 0.25) is 0 Å². The summed E-state index contributed by atoms with van der Waals surface area (Å²) in [5.41, 5.74) is 1.73. The Morgan fingerprint density at radius 1 is 1.24 bits per heavy atom. The maximum absolute atomic E-state index is 12.7. The van der Waals surface area contributed by atoms with E-state index >= 15 is 0 Å². The molecule has 0 aromatic heterocycles. The molecule has 0 bridgehead atoms. The first-order chi connectivity index (χ1) is 12.0. The van der Waals surface area contributed by atoms with Gasteiger partial charge in [0.25, 0.3) is 11.6 Å². The van der Waals surface area contributed by atoms with E-state index in [4.69, 9.17) is 4.74 Å². The largest absolute Gasteiger partial charge is 0.383 e. The Morgan fingerprint density at radius 3 is 2.60 bits per heavy atom. The molecule has 2 aromatic rings. The van der Waals surface area contributed by atoms with Gasteiger partial charge in [0, 0.05) is 30.9 Å². The number of carbonyl (C=O) groups excluding carboxylic acids is 1. The van der Waals surface area contributed by atoms with Crippen LogP contribution in [-0.4, -0.2) is 30.6 Å². The number of hydrogen-bond acceptors (Lipinski definition) is 4. The van der Waals surface area contributed by atoms with E-state index in [2.05, 4.69) is 5.32 Å². The zero-order chi connectivity index (χ0) is 18.2. The number of carbonyl (C=O) groups is 1. The van der Waals surface area contributed by atoms with Crippen LogP contribution in [0.5, 0.6) is 0 Å². The second kappa shape index (κ2) is 8.75. The van der Waals surface area contributed by atoms with Gasteiger partial charge in [-0.25, -0.2) is 0 Å². The van der Waals surface area contributed by atoms with E-state index < -0.39 is 4.92 Å². The molecule has 6 nitrogen and oxygen atoms in total. The zero-order valence-electron chi connectivity index (χ0n) is 14.1. The molecule has 0 spiro atoms. The van der Waals surface area contributed by atoms with Crippen molar-refractivity contribution in [3.8, 4) is 0 Å². The van der Waals surface area contributed by atoms with Gasteiger partial charge in [-0.2, -0.15) is 0 Å². The van der Waals surface area contributed by atoms with E-state index in [1.165, 1.54) is 12.1 Å². The fourth-order valence-corrected chi connectivity index (χ4v) is 2.39. The molecular formula is C19H20N2O4. The van der Waals surface area contributed by atoms with Crippen LogP contribution in [0, 0.1) is 10.1 Å². The van der Waals surface area contributed by atoms with Crippen LogP contribution in [-0.2, 0) is 9.53 Å². The highest BCUT2D eigenvalue weighted by Gasteiger charge is 2.15. The van der Waals surface area contributed by atoms with Crippen molar-refractivity contribution in [1.29, 1.82) is 0 Å². The van der Waals surface area contributed by atoms with Crippen LogP contribution in [0.2, 0.25) is 0 Å². The van der Waals surface area contributed by atoms with Crippen molar-refractivity contribution < 1.29 is 14.5 Å². The van der Waals surface area contributed by atoms with Crippen LogP contribution in [0.25, 0.3) is 11.6 Å². The lowest BCUT2D eigenvalue weighted by atomic mass is 10.0. The van der Waals surface area contributed by atoms with Gasteiger partial charge in [0.05, 0.1) is 11.5 Å². The molecule has 0 saturated carbocycles. The molecule has 6 heteroatoms. The van der Waals surface area contributed by atoms with Crippen LogP contribution >= 0.6 is 0 Å². The fourth-order valence-electron chi connectivity index (χ4n) is 2.39. The summed E-state index contributed by atoms with van der Waals surface area (Å²) in [6.07, 6.45) is 1.65. The molecule has 2 aromatic carbocycles. The molecule has 1 atom stereocenters. The third-order valence-corrected chi connectivity index (χ3v) is 3.52. The molecule has 1 N–H and O–H groups in total. The van der Waals surface area contributed by atoms with Crippen molar-refractivity contribution >= 4 is 23.2 Å². The summed E-state index contributed by atoms with van der Waals surface area (Å²) in [7, 11) is 1.57. The molecule has 0 heterocycles. The number of nitrogens with one attached hydrogen (secondary N) is 1. The first-order valence-corrected chi connectivity index (χ1v) is 7.82. The number of rotatable bonds is 7. The van der Waals surface area contributed by atoms with E-state index in [0.717, 1.165) is 5.56 Å². The molecular weight excluding hydrogens is 320 g/mol. The summed E-state index contributed by atoms with van der Waals surface area (Å²) in [5.74, 6) is -0.262. The average Bonchev–Trinajstić information content (AvgIpc) is 2.60. The Kier molecular flexibility index (Phi) is 6.42. The molecule has 1 amide bonds. The van der Waals surface area contributed by atoms with Crippen molar-refractivity contribution in [3.05, 3.63) is 75.8 Å². The maximum Gasteiger partial charge on any atom is 0.270 e. The smallest absolute Gasteiger partial charge is 0.270 e. The molecule has 0 aliphatic carbocycles. The normalized spacial score (nSPS) is 12.5. The van der Waals surface area contributed by atoms with Crippen LogP contribution in [0.4, 0.5) is 5.69 Å². The number of non-ortho nitro benzene ring substituents is 1. The molecule has 0 aliphatic heterocycles. The molecule has 0 fully saturated rings. The van der Waals surface area contributed by atoms with Crippen molar-refractivity contribution in [2.45, 2.75) is 13.0 Å². The van der Waals surface area contributed by atoms with Crippen LogP contribution in [0.15, 0.2) is 54.6 Å². The summed E-state index contributed by atoms with van der Waals surface area (Å²) < 4.78 is 5.04. The van der Waals surface area contributed by atoms with Gasteiger partial charge in [-0.15, -0.1) is 0 Å². The molecule has 25 heavy (non-hydrogen) atoms. The Balaban J connectivity index is 2.39. The number of nitro benzene ring substituents is 1. The quantitative estimate of drug-likeness (QED) is 0.363. The van der Waals surface area contributed by atoms with Gasteiger partial charge in [0.15, 0.2) is 0 Å². The Labute approximate surface area is 146 Å². The topological polar surface area (TPSA) is 81.5 Å². The van der Waals surface area contributed by atoms with Gasteiger partial charge in [-0.1, -0.05) is 42.5 Å². The third kappa shape index (κ3) is 5.26. The Bertz CT molecular complexity index is 772. The minimum absolute atomic E-state index is 0.0191. The number of amides is 1. The zero-order valence-corrected chi connectivity index (χ0v) is 14.1. The lowest BCUT2D eigenvalue weighted by Crippen LogP contribution is -2.36. The van der Waals surface area contributed by atoms with Crippen molar-refractivity contribution in [1.82, 2.24) is 5.32 Å². The summed E-state index contributed by atoms with van der Waals surface area (Å²) >= 11 is 0. The number of methoxy groups -OCH3 is 1. The van der Waals surface area contributed by atoms with Crippen LogP contribution < -0.4 is 5.32 Å². The SMILES string of the molecule is COC[C@@H](C)NC(=O)/C(=C/c1cccc([N+](=O)[O-])c1)c1ccccc1. The Morgan fingerprint density at radius 2 is 1.96 bits per heavy atom. The van der Waals surface area contributed by atoms with Gasteiger partial charge < -0.3 is 10.1 Å². The lowest BCUT2D eigenvalue weighted by molar-refractivity contribution is -0.384. The summed E-state index contributed by atoms with van der Waals surface area (Å²) in [6, 6.07) is 15.2. The van der Waals surface area contributed by atoms with E-state index in [1.807, 2.05) is 37.3 Å². The van der Waals surface area contributed by atoms with Crippen LogP contribution in [0.1, 0.15) is 18.1 Å². The summed E-state index contributed by atoms with van der Waals surface area (Å²) in [4.78, 5) is 23.2. The number of nitro groups is 1. The first kappa shape index (κ1) is 18.4. The second-order valence-electron chi connectivity index (χ2n) is 5.61. The summed E-state index contributed by atoms with van der Waals surface area (Å²) in [6.45, 7) is 2.24. The predicted molar refractivity (Wildman–Crippen MR) is 96.9 cm³/mol. The highest BCUT2D eigenvalue weighted by molar-refractivity contribution is 6.24. The van der Waals surface area contributed by atoms with Crippen molar-refractivity contribution in [3.63, 3.8) is 0 Å². The monoisotopic (exact) mass is 340 g/mol. The molecule has 0 aliphatic rings. The second-order valence-corrected chi connectivity index (χ2v) is 5.61. The first-order valence-electron chi connectivity index (χ1n) is 7.82. The van der Waals surface area contributed by atoms with Crippen LogP contribution in [0.3, 0.4) is 0 Å². The highest BCUT2D eigenvalue weighted by Crippen LogP contribution is 2.21. The van der Waals surface area contributed by atoms with E-state index in [1.54, 1.807) is 25.3 Å². The number of ether oxygens (including phenoxy) is 1. The lowest BCUT2D eigenvalue weighted by Gasteiger charge is -2.15. The molecule has 2 rings (SSSR count). The molecule has 0 unspecified atom stereocenters. The number of hydrogen-bond donors (Lipinski definition) is 1. The van der Waals surface area contributed by atoms with Gasteiger partial charge in [-0.3, -0.25) is 14.9 Å². The standard InChI is InChI=1S/C19H20N2O4/c1-14(13-25-2)20-19(22)18(16-8-4-3-5-9-16)12-15-7-6-10-17(11-15)21(23)24/h3-12,14H,13H2,1-2H3,(H,20,22)/b18-12+/t14-/m1/s1. The van der Waals surface area contributed by atoms with E-state index in [9.17, 15) is 14.9 Å². The van der Waals surface area contributed by atoms with Gasteiger partial charge in [-0.05, 0) is 24.1 Å². The van der Waals surface area contributed by atoms with Gasteiger partial charge in [0.1, 0.15) is 0 Å². The van der Waals surface area contributed by atoms with E-state index in [-0.39, 0.29) is 17.6 Å². The molecule has 0 radical (unpaired) electrons. The minimum Gasteiger partial charge on any atom is -0.383 e. The average molecular weight is 340 g/mol. The number of nitrogens with zero attached hydrogens (tertiary/aromatic N) is 1. The fraction of sp³-hybridized carbons (Fsp3) is 0.211. The maximum atomic E-state index is 12.7. The molecule has 130 valence electrons. The summed E-state index contributed by atoms with van der Waals surface area (Å²) in [5, 5.41) is 13.8. The van der Waals surface area contributed by atoms with Gasteiger partial charge >= 0.3 is 0 Å². The van der Waals surface area contributed by atoms with Crippen molar-refractivity contribution in [2.24, 2.45) is 0 Å². The highest BCUT2D eigenvalue weighted by atomic mass is 16.6. The molecule has 0 saturated heterocycles.